The van der Waals surface area contributed by atoms with Crippen LogP contribution in [0.3, 0.4) is 0 Å². The number of ether oxygens (including phenoxy) is 1. The van der Waals surface area contributed by atoms with Gasteiger partial charge in [-0.05, 0) is 39.5 Å². The second-order valence-corrected chi connectivity index (χ2v) is 4.97. The summed E-state index contributed by atoms with van der Waals surface area (Å²) in [6.07, 6.45) is 5.48. The molecule has 0 fully saturated rings. The van der Waals surface area contributed by atoms with Gasteiger partial charge in [0.25, 0.3) is 0 Å². The second-order valence-electron chi connectivity index (χ2n) is 4.97. The molecule has 19 heavy (non-hydrogen) atoms. The summed E-state index contributed by atoms with van der Waals surface area (Å²) in [5.41, 5.74) is 2.54. The molecular formula is C15H25N3O. The first-order valence-electron chi connectivity index (χ1n) is 7.55. The summed E-state index contributed by atoms with van der Waals surface area (Å²) in [6, 6.07) is 0. The lowest BCUT2D eigenvalue weighted by molar-refractivity contribution is 0.0493. The van der Waals surface area contributed by atoms with Gasteiger partial charge in [0, 0.05) is 24.4 Å². The van der Waals surface area contributed by atoms with E-state index in [9.17, 15) is 0 Å². The Bertz CT molecular complexity index is 414. The molecule has 2 rings (SSSR count). The van der Waals surface area contributed by atoms with Crippen LogP contribution in [0, 0.1) is 0 Å². The molecule has 1 aliphatic rings. The summed E-state index contributed by atoms with van der Waals surface area (Å²) in [5, 5.41) is 3.38. The second kappa shape index (κ2) is 6.85. The van der Waals surface area contributed by atoms with Gasteiger partial charge in [-0.25, -0.2) is 9.97 Å². The van der Waals surface area contributed by atoms with E-state index in [2.05, 4.69) is 19.2 Å². The van der Waals surface area contributed by atoms with E-state index in [1.165, 1.54) is 17.7 Å². The van der Waals surface area contributed by atoms with E-state index in [0.29, 0.717) is 6.61 Å². The first-order valence-corrected chi connectivity index (χ1v) is 7.55. The number of aryl methyl sites for hydroxylation is 1. The van der Waals surface area contributed by atoms with E-state index in [1.54, 1.807) is 0 Å². The molecule has 4 nitrogen and oxygen atoms in total. The molecule has 0 spiro atoms. The lowest BCUT2D eigenvalue weighted by Gasteiger charge is -2.18. The fourth-order valence-electron chi connectivity index (χ4n) is 2.66. The van der Waals surface area contributed by atoms with E-state index in [-0.39, 0.29) is 6.10 Å². The van der Waals surface area contributed by atoms with Crippen molar-refractivity contribution in [1.29, 1.82) is 0 Å². The predicted octanol–water partition coefficient (Wildman–Crippen LogP) is 3.27. The molecule has 0 aliphatic heterocycles. The van der Waals surface area contributed by atoms with Gasteiger partial charge in [0.1, 0.15) is 11.9 Å². The van der Waals surface area contributed by atoms with Crippen molar-refractivity contribution >= 4 is 5.82 Å². The number of nitrogens with zero attached hydrogens (tertiary/aromatic N) is 2. The third-order valence-corrected chi connectivity index (χ3v) is 3.50. The molecule has 0 saturated carbocycles. The lowest BCUT2D eigenvalue weighted by Crippen LogP contribution is -2.13. The van der Waals surface area contributed by atoms with Crippen LogP contribution in [-0.4, -0.2) is 23.1 Å². The molecule has 1 aromatic rings. The number of aromatic nitrogens is 2. The highest BCUT2D eigenvalue weighted by molar-refractivity contribution is 5.48. The van der Waals surface area contributed by atoms with Gasteiger partial charge in [0.05, 0.1) is 0 Å². The van der Waals surface area contributed by atoms with Crippen molar-refractivity contribution in [3.8, 4) is 0 Å². The molecular weight excluding hydrogens is 238 g/mol. The largest absolute Gasteiger partial charge is 0.371 e. The molecule has 0 radical (unpaired) electrons. The molecule has 4 heteroatoms. The number of anilines is 1. The van der Waals surface area contributed by atoms with Gasteiger partial charge in [0.2, 0.25) is 0 Å². The Morgan fingerprint density at radius 2 is 2.05 bits per heavy atom. The minimum atomic E-state index is 0.0401. The molecule has 1 heterocycles. The molecule has 1 aromatic heterocycles. The van der Waals surface area contributed by atoms with Crippen LogP contribution in [0.2, 0.25) is 0 Å². The minimum Gasteiger partial charge on any atom is -0.371 e. The highest BCUT2D eigenvalue weighted by Crippen LogP contribution is 2.29. The normalized spacial score (nSPS) is 15.3. The summed E-state index contributed by atoms with van der Waals surface area (Å²) in [6.45, 7) is 7.92. The maximum absolute atomic E-state index is 5.81. The number of hydrogen-bond acceptors (Lipinski definition) is 4. The van der Waals surface area contributed by atoms with Crippen LogP contribution in [0.1, 0.15) is 63.2 Å². The third-order valence-electron chi connectivity index (χ3n) is 3.50. The first kappa shape index (κ1) is 14.3. The zero-order valence-electron chi connectivity index (χ0n) is 12.3. The van der Waals surface area contributed by atoms with Crippen molar-refractivity contribution in [1.82, 2.24) is 9.97 Å². The van der Waals surface area contributed by atoms with Gasteiger partial charge < -0.3 is 10.1 Å². The smallest absolute Gasteiger partial charge is 0.159 e. The molecule has 1 N–H and O–H groups in total. The SMILES string of the molecule is CCCC(OCC)c1nc2c(c(NCC)n1)CCC2. The zero-order chi connectivity index (χ0) is 13.7. The first-order chi connectivity index (χ1) is 9.30. The van der Waals surface area contributed by atoms with Crippen molar-refractivity contribution in [2.24, 2.45) is 0 Å². The van der Waals surface area contributed by atoms with Crippen LogP contribution >= 0.6 is 0 Å². The summed E-state index contributed by atoms with van der Waals surface area (Å²) >= 11 is 0. The van der Waals surface area contributed by atoms with E-state index in [4.69, 9.17) is 14.7 Å². The average Bonchev–Trinajstić information content (AvgIpc) is 2.87. The molecule has 1 aliphatic carbocycles. The summed E-state index contributed by atoms with van der Waals surface area (Å²) in [5.74, 6) is 1.89. The monoisotopic (exact) mass is 263 g/mol. The van der Waals surface area contributed by atoms with Gasteiger partial charge >= 0.3 is 0 Å². The van der Waals surface area contributed by atoms with Crippen molar-refractivity contribution in [3.63, 3.8) is 0 Å². The van der Waals surface area contributed by atoms with Crippen LogP contribution in [0.5, 0.6) is 0 Å². The number of nitrogens with one attached hydrogen (secondary N) is 1. The van der Waals surface area contributed by atoms with Gasteiger partial charge in [-0.1, -0.05) is 13.3 Å². The Hall–Kier alpha value is -1.16. The van der Waals surface area contributed by atoms with E-state index < -0.39 is 0 Å². The van der Waals surface area contributed by atoms with Crippen molar-refractivity contribution in [3.05, 3.63) is 17.1 Å². The molecule has 0 amide bonds. The quantitative estimate of drug-likeness (QED) is 0.820. The summed E-state index contributed by atoms with van der Waals surface area (Å²) < 4.78 is 5.81. The maximum Gasteiger partial charge on any atom is 0.159 e. The fourth-order valence-corrected chi connectivity index (χ4v) is 2.66. The highest BCUT2D eigenvalue weighted by atomic mass is 16.5. The van der Waals surface area contributed by atoms with Crippen molar-refractivity contribution in [2.45, 2.75) is 59.0 Å². The Morgan fingerprint density at radius 1 is 1.21 bits per heavy atom. The molecule has 0 saturated heterocycles. The molecule has 1 unspecified atom stereocenters. The minimum absolute atomic E-state index is 0.0401. The number of rotatable bonds is 7. The van der Waals surface area contributed by atoms with E-state index >= 15 is 0 Å². The fraction of sp³-hybridized carbons (Fsp3) is 0.733. The van der Waals surface area contributed by atoms with Crippen molar-refractivity contribution in [2.75, 3.05) is 18.5 Å². The molecule has 106 valence electrons. The van der Waals surface area contributed by atoms with Crippen LogP contribution in [0.4, 0.5) is 5.82 Å². The zero-order valence-corrected chi connectivity index (χ0v) is 12.3. The Balaban J connectivity index is 2.31. The van der Waals surface area contributed by atoms with Gasteiger partial charge in [-0.15, -0.1) is 0 Å². The Morgan fingerprint density at radius 3 is 2.74 bits per heavy atom. The molecule has 0 bridgehead atoms. The molecule has 1 atom stereocenters. The van der Waals surface area contributed by atoms with Crippen LogP contribution in [-0.2, 0) is 17.6 Å². The lowest BCUT2D eigenvalue weighted by atomic mass is 10.1. The number of fused-ring (bicyclic) bond motifs is 1. The van der Waals surface area contributed by atoms with E-state index in [1.807, 2.05) is 6.92 Å². The van der Waals surface area contributed by atoms with E-state index in [0.717, 1.165) is 43.9 Å². The van der Waals surface area contributed by atoms with Gasteiger partial charge in [-0.3, -0.25) is 0 Å². The Labute approximate surface area is 116 Å². The Kier molecular flexibility index (Phi) is 5.14. The van der Waals surface area contributed by atoms with Crippen LogP contribution < -0.4 is 5.32 Å². The third kappa shape index (κ3) is 3.24. The molecule has 0 aromatic carbocycles. The maximum atomic E-state index is 5.81. The van der Waals surface area contributed by atoms with Gasteiger partial charge in [0.15, 0.2) is 5.82 Å². The summed E-state index contributed by atoms with van der Waals surface area (Å²) in [7, 11) is 0. The highest BCUT2D eigenvalue weighted by Gasteiger charge is 2.22. The van der Waals surface area contributed by atoms with Crippen LogP contribution in [0.25, 0.3) is 0 Å². The van der Waals surface area contributed by atoms with Gasteiger partial charge in [-0.2, -0.15) is 0 Å². The van der Waals surface area contributed by atoms with Crippen LogP contribution in [0.15, 0.2) is 0 Å². The predicted molar refractivity (Wildman–Crippen MR) is 77.5 cm³/mol. The number of hydrogen-bond donors (Lipinski definition) is 1. The van der Waals surface area contributed by atoms with Crippen molar-refractivity contribution < 1.29 is 4.74 Å². The summed E-state index contributed by atoms with van der Waals surface area (Å²) in [4.78, 5) is 9.48. The standard InChI is InChI=1S/C15H25N3O/c1-4-8-13(19-6-3)15-17-12-10-7-9-11(12)14(18-15)16-5-2/h13H,4-10H2,1-3H3,(H,16,17,18). The topological polar surface area (TPSA) is 47.0 Å². The average molecular weight is 263 g/mol.